The molecule has 0 heterocycles. The second-order valence-corrected chi connectivity index (χ2v) is 4.63. The van der Waals surface area contributed by atoms with Gasteiger partial charge in [-0.25, -0.2) is 9.18 Å². The zero-order chi connectivity index (χ0) is 16.7. The third kappa shape index (κ3) is 4.32. The van der Waals surface area contributed by atoms with Gasteiger partial charge in [0.25, 0.3) is 0 Å². The Balaban J connectivity index is 2.17. The minimum atomic E-state index is -0.497. The van der Waals surface area contributed by atoms with Crippen LogP contribution in [-0.4, -0.2) is 19.7 Å². The van der Waals surface area contributed by atoms with E-state index in [4.69, 9.17) is 14.2 Å². The van der Waals surface area contributed by atoms with Crippen molar-refractivity contribution in [2.24, 2.45) is 0 Å². The summed E-state index contributed by atoms with van der Waals surface area (Å²) in [4.78, 5) is 11.9. The van der Waals surface area contributed by atoms with Crippen molar-refractivity contribution in [2.45, 2.75) is 6.61 Å². The van der Waals surface area contributed by atoms with Gasteiger partial charge in [-0.05, 0) is 24.3 Å². The van der Waals surface area contributed by atoms with E-state index in [0.717, 1.165) is 0 Å². The average molecular weight is 316 g/mol. The first kappa shape index (κ1) is 16.5. The number of hydrogen-bond acceptors (Lipinski definition) is 4. The van der Waals surface area contributed by atoms with E-state index in [1.54, 1.807) is 30.3 Å². The zero-order valence-corrected chi connectivity index (χ0v) is 12.8. The van der Waals surface area contributed by atoms with E-state index in [2.05, 4.69) is 6.58 Å². The maximum atomic E-state index is 13.6. The molecule has 2 aromatic carbocycles. The van der Waals surface area contributed by atoms with Gasteiger partial charge in [0.05, 0.1) is 12.7 Å². The lowest BCUT2D eigenvalue weighted by Crippen LogP contribution is -2.06. The number of halogens is 1. The highest BCUT2D eigenvalue weighted by Crippen LogP contribution is 2.29. The summed E-state index contributed by atoms with van der Waals surface area (Å²) in [7, 11) is 1.49. The Kier molecular flexibility index (Phi) is 5.74. The summed E-state index contributed by atoms with van der Waals surface area (Å²) in [6, 6.07) is 11.0. The summed E-state index contributed by atoms with van der Waals surface area (Å²) in [5.74, 6) is -0.0678. The second-order valence-electron chi connectivity index (χ2n) is 4.63. The summed E-state index contributed by atoms with van der Waals surface area (Å²) in [5.41, 5.74) is 0.727. The molecule has 0 unspecified atom stereocenters. The van der Waals surface area contributed by atoms with Gasteiger partial charge in [-0.2, -0.15) is 0 Å². The van der Waals surface area contributed by atoms with E-state index in [1.807, 2.05) is 0 Å². The van der Waals surface area contributed by atoms with Crippen LogP contribution in [0.15, 0.2) is 55.1 Å². The standard InChI is InChI=1S/C18H17FO4/c1-3-10-22-18(20)13-8-9-16(21-2)17(11-13)23-12-14-6-4-5-7-15(14)19/h3-9,11H,1,10,12H2,2H3. The van der Waals surface area contributed by atoms with Crippen molar-refractivity contribution in [3.8, 4) is 11.5 Å². The molecule has 4 nitrogen and oxygen atoms in total. The Morgan fingerprint density at radius 1 is 1.22 bits per heavy atom. The SMILES string of the molecule is C=CCOC(=O)c1ccc(OC)c(OCc2ccccc2F)c1. The molecule has 0 saturated carbocycles. The molecule has 23 heavy (non-hydrogen) atoms. The first-order valence-electron chi connectivity index (χ1n) is 6.98. The fraction of sp³-hybridized carbons (Fsp3) is 0.167. The highest BCUT2D eigenvalue weighted by Gasteiger charge is 2.13. The Labute approximate surface area is 134 Å². The van der Waals surface area contributed by atoms with E-state index in [-0.39, 0.29) is 19.0 Å². The summed E-state index contributed by atoms with van der Waals surface area (Å²) < 4.78 is 29.4. The summed E-state index contributed by atoms with van der Waals surface area (Å²) >= 11 is 0. The van der Waals surface area contributed by atoms with Crippen LogP contribution in [-0.2, 0) is 11.3 Å². The van der Waals surface area contributed by atoms with Crippen LogP contribution in [0.25, 0.3) is 0 Å². The molecule has 0 fully saturated rings. The van der Waals surface area contributed by atoms with E-state index in [1.165, 1.54) is 25.3 Å². The number of hydrogen-bond donors (Lipinski definition) is 0. The third-order valence-corrected chi connectivity index (χ3v) is 3.07. The van der Waals surface area contributed by atoms with Crippen molar-refractivity contribution < 1.29 is 23.4 Å². The van der Waals surface area contributed by atoms with Crippen molar-refractivity contribution in [1.82, 2.24) is 0 Å². The normalized spacial score (nSPS) is 10.0. The Morgan fingerprint density at radius 3 is 2.70 bits per heavy atom. The van der Waals surface area contributed by atoms with Crippen molar-refractivity contribution >= 4 is 5.97 Å². The smallest absolute Gasteiger partial charge is 0.338 e. The van der Waals surface area contributed by atoms with Crippen LogP contribution < -0.4 is 9.47 Å². The molecule has 0 bridgehead atoms. The monoisotopic (exact) mass is 316 g/mol. The lowest BCUT2D eigenvalue weighted by molar-refractivity contribution is 0.0549. The fourth-order valence-electron chi connectivity index (χ4n) is 1.91. The molecule has 0 aliphatic heterocycles. The number of carbonyl (C=O) groups excluding carboxylic acids is 1. The molecule has 120 valence electrons. The number of esters is 1. The van der Waals surface area contributed by atoms with Crippen molar-refractivity contribution in [2.75, 3.05) is 13.7 Å². The third-order valence-electron chi connectivity index (χ3n) is 3.07. The average Bonchev–Trinajstić information content (AvgIpc) is 2.58. The number of carbonyl (C=O) groups is 1. The highest BCUT2D eigenvalue weighted by atomic mass is 19.1. The summed E-state index contributed by atoms with van der Waals surface area (Å²) in [6.07, 6.45) is 1.48. The van der Waals surface area contributed by atoms with E-state index < -0.39 is 5.97 Å². The van der Waals surface area contributed by atoms with E-state index >= 15 is 0 Å². The molecule has 5 heteroatoms. The van der Waals surface area contributed by atoms with Crippen molar-refractivity contribution in [3.63, 3.8) is 0 Å². The van der Waals surface area contributed by atoms with Crippen LogP contribution in [0.3, 0.4) is 0 Å². The summed E-state index contributed by atoms with van der Waals surface area (Å²) in [5, 5.41) is 0. The van der Waals surface area contributed by atoms with E-state index in [9.17, 15) is 9.18 Å². The van der Waals surface area contributed by atoms with Crippen LogP contribution in [0.4, 0.5) is 4.39 Å². The van der Waals surface area contributed by atoms with Crippen LogP contribution in [0.5, 0.6) is 11.5 Å². The maximum absolute atomic E-state index is 13.6. The Hall–Kier alpha value is -2.82. The first-order valence-corrected chi connectivity index (χ1v) is 6.98. The molecule has 0 amide bonds. The molecule has 0 saturated heterocycles. The van der Waals surface area contributed by atoms with Gasteiger partial charge < -0.3 is 14.2 Å². The minimum absolute atomic E-state index is 0.0220. The molecule has 0 aliphatic carbocycles. The number of benzene rings is 2. The molecule has 2 aromatic rings. The van der Waals surface area contributed by atoms with Crippen LogP contribution in [0.1, 0.15) is 15.9 Å². The first-order chi connectivity index (χ1) is 11.2. The molecule has 2 rings (SSSR count). The maximum Gasteiger partial charge on any atom is 0.338 e. The van der Waals surface area contributed by atoms with Crippen molar-refractivity contribution in [3.05, 3.63) is 72.1 Å². The lowest BCUT2D eigenvalue weighted by Gasteiger charge is -2.12. The van der Waals surface area contributed by atoms with Gasteiger partial charge in [-0.1, -0.05) is 30.9 Å². The fourth-order valence-corrected chi connectivity index (χ4v) is 1.91. The highest BCUT2D eigenvalue weighted by molar-refractivity contribution is 5.90. The van der Waals surface area contributed by atoms with Gasteiger partial charge in [0.15, 0.2) is 11.5 Å². The van der Waals surface area contributed by atoms with Gasteiger partial charge >= 0.3 is 5.97 Å². The Morgan fingerprint density at radius 2 is 2.00 bits per heavy atom. The molecule has 0 radical (unpaired) electrons. The largest absolute Gasteiger partial charge is 0.493 e. The molecular weight excluding hydrogens is 299 g/mol. The topological polar surface area (TPSA) is 44.8 Å². The molecule has 0 N–H and O–H groups in total. The van der Waals surface area contributed by atoms with E-state index in [0.29, 0.717) is 22.6 Å². The zero-order valence-electron chi connectivity index (χ0n) is 12.8. The van der Waals surface area contributed by atoms with Crippen molar-refractivity contribution in [1.29, 1.82) is 0 Å². The number of rotatable bonds is 7. The minimum Gasteiger partial charge on any atom is -0.493 e. The van der Waals surface area contributed by atoms with Crippen LogP contribution in [0.2, 0.25) is 0 Å². The number of ether oxygens (including phenoxy) is 3. The Bertz CT molecular complexity index is 697. The van der Waals surface area contributed by atoms with Gasteiger partial charge in [0.2, 0.25) is 0 Å². The second kappa shape index (κ2) is 7.98. The predicted octanol–water partition coefficient (Wildman–Crippen LogP) is 3.76. The predicted molar refractivity (Wildman–Crippen MR) is 84.2 cm³/mol. The van der Waals surface area contributed by atoms with Crippen LogP contribution >= 0.6 is 0 Å². The molecule has 0 aliphatic rings. The van der Waals surface area contributed by atoms with Gasteiger partial charge in [0, 0.05) is 5.56 Å². The lowest BCUT2D eigenvalue weighted by atomic mass is 10.2. The van der Waals surface area contributed by atoms with Gasteiger partial charge in [0.1, 0.15) is 19.0 Å². The quantitative estimate of drug-likeness (QED) is 0.576. The number of methoxy groups -OCH3 is 1. The molecular formula is C18H17FO4. The summed E-state index contributed by atoms with van der Waals surface area (Å²) in [6.45, 7) is 3.63. The van der Waals surface area contributed by atoms with Gasteiger partial charge in [-0.3, -0.25) is 0 Å². The molecule has 0 atom stereocenters. The molecule has 0 spiro atoms. The van der Waals surface area contributed by atoms with Gasteiger partial charge in [-0.15, -0.1) is 0 Å². The van der Waals surface area contributed by atoms with Crippen LogP contribution in [0, 0.1) is 5.82 Å². The molecule has 0 aromatic heterocycles.